The van der Waals surface area contributed by atoms with Crippen molar-refractivity contribution in [3.05, 3.63) is 60.0 Å². The van der Waals surface area contributed by atoms with Crippen LogP contribution in [0.2, 0.25) is 0 Å². The number of H-pyrrole nitrogens is 1. The van der Waals surface area contributed by atoms with E-state index in [1.165, 1.54) is 0 Å². The van der Waals surface area contributed by atoms with Crippen LogP contribution >= 0.6 is 0 Å². The number of carboxylic acids is 1. The Hall–Kier alpha value is -3.26. The highest BCUT2D eigenvalue weighted by atomic mass is 16.4. The van der Waals surface area contributed by atoms with E-state index in [9.17, 15) is 9.90 Å². The summed E-state index contributed by atoms with van der Waals surface area (Å²) in [4.78, 5) is 24.7. The first kappa shape index (κ1) is 17.2. The number of anilines is 1. The predicted octanol–water partition coefficient (Wildman–Crippen LogP) is 1.89. The van der Waals surface area contributed by atoms with E-state index < -0.39 is 5.97 Å². The van der Waals surface area contributed by atoms with Crippen molar-refractivity contribution in [2.45, 2.75) is 6.54 Å². The Kier molecular flexibility index (Phi) is 4.80. The number of piperazine rings is 1. The van der Waals surface area contributed by atoms with Crippen LogP contribution in [0.4, 0.5) is 5.95 Å². The standard InChI is InChI=1S/C19H20N6O2/c26-18(27)17-15(12-21-23-17)13-24-8-10-25(11-9-24)19-20-7-6-16(22-19)14-4-2-1-3-5-14/h1-7,12H,8-11,13H2,(H,21,23)(H,26,27). The first-order valence-electron chi connectivity index (χ1n) is 8.82. The maximum absolute atomic E-state index is 11.2. The third-order valence-corrected chi connectivity index (χ3v) is 4.69. The molecule has 0 saturated carbocycles. The van der Waals surface area contributed by atoms with Crippen molar-refractivity contribution >= 4 is 11.9 Å². The van der Waals surface area contributed by atoms with E-state index in [2.05, 4.69) is 25.0 Å². The molecule has 138 valence electrons. The normalized spacial score (nSPS) is 15.0. The second-order valence-corrected chi connectivity index (χ2v) is 6.45. The van der Waals surface area contributed by atoms with Crippen molar-refractivity contribution in [2.24, 2.45) is 0 Å². The van der Waals surface area contributed by atoms with Crippen LogP contribution in [0, 0.1) is 0 Å². The summed E-state index contributed by atoms with van der Waals surface area (Å²) in [6, 6.07) is 12.0. The van der Waals surface area contributed by atoms with Gasteiger partial charge in [0.2, 0.25) is 5.95 Å². The zero-order valence-electron chi connectivity index (χ0n) is 14.7. The van der Waals surface area contributed by atoms with E-state index in [1.54, 1.807) is 12.4 Å². The van der Waals surface area contributed by atoms with Gasteiger partial charge in [-0.1, -0.05) is 30.3 Å². The highest BCUT2D eigenvalue weighted by Crippen LogP contribution is 2.20. The Bertz CT molecular complexity index is 919. The molecule has 0 amide bonds. The second kappa shape index (κ2) is 7.55. The third-order valence-electron chi connectivity index (χ3n) is 4.69. The molecule has 1 aliphatic rings. The Balaban J connectivity index is 1.41. The number of benzene rings is 1. The summed E-state index contributed by atoms with van der Waals surface area (Å²) < 4.78 is 0. The van der Waals surface area contributed by atoms with E-state index in [-0.39, 0.29) is 5.69 Å². The van der Waals surface area contributed by atoms with Gasteiger partial charge >= 0.3 is 5.97 Å². The van der Waals surface area contributed by atoms with Crippen molar-refractivity contribution in [1.29, 1.82) is 0 Å². The number of aromatic nitrogens is 4. The van der Waals surface area contributed by atoms with Gasteiger partial charge in [0.05, 0.1) is 11.9 Å². The minimum atomic E-state index is -0.979. The summed E-state index contributed by atoms with van der Waals surface area (Å²) in [7, 11) is 0. The van der Waals surface area contributed by atoms with Gasteiger partial charge in [0.25, 0.3) is 0 Å². The van der Waals surface area contributed by atoms with E-state index >= 15 is 0 Å². The molecule has 2 aromatic heterocycles. The summed E-state index contributed by atoms with van der Waals surface area (Å²) in [6.45, 7) is 3.76. The Morgan fingerprint density at radius 1 is 1.11 bits per heavy atom. The minimum absolute atomic E-state index is 0.163. The van der Waals surface area contributed by atoms with Gasteiger partial charge in [-0.3, -0.25) is 10.00 Å². The molecule has 1 aromatic carbocycles. The molecule has 8 heteroatoms. The van der Waals surface area contributed by atoms with Crippen LogP contribution in [0.5, 0.6) is 0 Å². The molecule has 27 heavy (non-hydrogen) atoms. The van der Waals surface area contributed by atoms with Gasteiger partial charge in [-0.15, -0.1) is 0 Å². The summed E-state index contributed by atoms with van der Waals surface area (Å²) >= 11 is 0. The topological polar surface area (TPSA) is 98.2 Å². The van der Waals surface area contributed by atoms with E-state index in [4.69, 9.17) is 4.98 Å². The molecule has 3 heterocycles. The van der Waals surface area contributed by atoms with E-state index in [0.717, 1.165) is 43.4 Å². The van der Waals surface area contributed by atoms with Crippen LogP contribution in [0.15, 0.2) is 48.8 Å². The van der Waals surface area contributed by atoms with E-state index in [0.29, 0.717) is 12.1 Å². The number of hydrogen-bond donors (Lipinski definition) is 2. The number of nitrogens with zero attached hydrogens (tertiary/aromatic N) is 5. The Morgan fingerprint density at radius 3 is 2.63 bits per heavy atom. The zero-order chi connectivity index (χ0) is 18.6. The van der Waals surface area contributed by atoms with Crippen LogP contribution in [-0.2, 0) is 6.54 Å². The van der Waals surface area contributed by atoms with Gasteiger partial charge in [-0.25, -0.2) is 14.8 Å². The van der Waals surface area contributed by atoms with Crippen LogP contribution in [-0.4, -0.2) is 62.3 Å². The van der Waals surface area contributed by atoms with Crippen molar-refractivity contribution < 1.29 is 9.90 Å². The lowest BCUT2D eigenvalue weighted by Crippen LogP contribution is -2.46. The lowest BCUT2D eigenvalue weighted by molar-refractivity contribution is 0.0688. The van der Waals surface area contributed by atoms with Crippen molar-refractivity contribution in [3.8, 4) is 11.3 Å². The molecule has 0 atom stereocenters. The first-order chi connectivity index (χ1) is 13.2. The lowest BCUT2D eigenvalue weighted by atomic mass is 10.1. The summed E-state index contributed by atoms with van der Waals surface area (Å²) in [6.07, 6.45) is 3.38. The fraction of sp³-hybridized carbons (Fsp3) is 0.263. The summed E-state index contributed by atoms with van der Waals surface area (Å²) in [5.41, 5.74) is 2.85. The SMILES string of the molecule is O=C(O)c1[nH]ncc1CN1CCN(c2nccc(-c3ccccc3)n2)CC1. The molecule has 1 saturated heterocycles. The number of hydrogen-bond acceptors (Lipinski definition) is 6. The maximum atomic E-state index is 11.2. The van der Waals surface area contributed by atoms with Crippen LogP contribution in [0.1, 0.15) is 16.1 Å². The molecular formula is C19H20N6O2. The molecular weight excluding hydrogens is 344 g/mol. The molecule has 3 aromatic rings. The number of carbonyl (C=O) groups is 1. The average Bonchev–Trinajstić information content (AvgIpc) is 3.18. The lowest BCUT2D eigenvalue weighted by Gasteiger charge is -2.34. The average molecular weight is 364 g/mol. The molecule has 0 radical (unpaired) electrons. The van der Waals surface area contributed by atoms with Crippen molar-refractivity contribution in [2.75, 3.05) is 31.1 Å². The molecule has 1 aliphatic heterocycles. The number of carboxylic acid groups (broad SMARTS) is 1. The van der Waals surface area contributed by atoms with Gasteiger partial charge in [0.15, 0.2) is 0 Å². The molecule has 0 unspecified atom stereocenters. The van der Waals surface area contributed by atoms with Gasteiger partial charge < -0.3 is 10.0 Å². The molecule has 0 spiro atoms. The smallest absolute Gasteiger partial charge is 0.354 e. The van der Waals surface area contributed by atoms with Crippen LogP contribution < -0.4 is 4.90 Å². The second-order valence-electron chi connectivity index (χ2n) is 6.45. The first-order valence-corrected chi connectivity index (χ1v) is 8.82. The minimum Gasteiger partial charge on any atom is -0.477 e. The number of rotatable bonds is 5. The quantitative estimate of drug-likeness (QED) is 0.713. The number of nitrogens with one attached hydrogen (secondary N) is 1. The molecule has 1 fully saturated rings. The Morgan fingerprint density at radius 2 is 1.89 bits per heavy atom. The monoisotopic (exact) mass is 364 g/mol. The third kappa shape index (κ3) is 3.80. The number of aromatic carboxylic acids is 1. The predicted molar refractivity (Wildman–Crippen MR) is 101 cm³/mol. The number of aromatic amines is 1. The zero-order valence-corrected chi connectivity index (χ0v) is 14.7. The maximum Gasteiger partial charge on any atom is 0.354 e. The summed E-state index contributed by atoms with van der Waals surface area (Å²) in [5.74, 6) is -0.252. The molecule has 4 rings (SSSR count). The molecule has 2 N–H and O–H groups in total. The van der Waals surface area contributed by atoms with Crippen LogP contribution in [0.3, 0.4) is 0 Å². The van der Waals surface area contributed by atoms with Gasteiger partial charge in [0.1, 0.15) is 5.69 Å². The summed E-state index contributed by atoms with van der Waals surface area (Å²) in [5, 5.41) is 15.6. The Labute approximate surface area is 156 Å². The molecule has 8 nitrogen and oxygen atoms in total. The fourth-order valence-corrected chi connectivity index (χ4v) is 3.23. The highest BCUT2D eigenvalue weighted by Gasteiger charge is 2.22. The van der Waals surface area contributed by atoms with Crippen molar-refractivity contribution in [1.82, 2.24) is 25.1 Å². The van der Waals surface area contributed by atoms with E-state index in [1.807, 2.05) is 36.4 Å². The van der Waals surface area contributed by atoms with Gasteiger partial charge in [-0.05, 0) is 6.07 Å². The van der Waals surface area contributed by atoms with Gasteiger partial charge in [-0.2, -0.15) is 5.10 Å². The molecule has 0 bridgehead atoms. The fourth-order valence-electron chi connectivity index (χ4n) is 3.23. The molecule has 0 aliphatic carbocycles. The van der Waals surface area contributed by atoms with Gasteiger partial charge in [0, 0.05) is 50.0 Å². The largest absolute Gasteiger partial charge is 0.477 e. The van der Waals surface area contributed by atoms with Crippen LogP contribution in [0.25, 0.3) is 11.3 Å². The highest BCUT2D eigenvalue weighted by molar-refractivity contribution is 5.86. The van der Waals surface area contributed by atoms with Crippen molar-refractivity contribution in [3.63, 3.8) is 0 Å².